The van der Waals surface area contributed by atoms with Gasteiger partial charge in [0, 0.05) is 12.2 Å². The van der Waals surface area contributed by atoms with E-state index in [0.717, 1.165) is 24.0 Å². The SMILES string of the molecule is O=C(Nc1[nH]ncc1-c1ccccc1)C1CCCO1. The molecule has 2 N–H and O–H groups in total. The molecular weight excluding hydrogens is 242 g/mol. The predicted octanol–water partition coefficient (Wildman–Crippen LogP) is 2.19. The number of ether oxygens (including phenoxy) is 1. The van der Waals surface area contributed by atoms with Crippen LogP contribution in [-0.2, 0) is 9.53 Å². The van der Waals surface area contributed by atoms with E-state index in [4.69, 9.17) is 4.74 Å². The molecule has 1 aromatic heterocycles. The zero-order valence-electron chi connectivity index (χ0n) is 10.4. The molecule has 1 aromatic carbocycles. The van der Waals surface area contributed by atoms with Crippen LogP contribution in [0, 0.1) is 0 Å². The second-order valence-corrected chi connectivity index (χ2v) is 4.52. The summed E-state index contributed by atoms with van der Waals surface area (Å²) in [4.78, 5) is 12.0. The summed E-state index contributed by atoms with van der Waals surface area (Å²) in [6.45, 7) is 0.659. The van der Waals surface area contributed by atoms with E-state index in [-0.39, 0.29) is 12.0 Å². The van der Waals surface area contributed by atoms with Gasteiger partial charge in [0.15, 0.2) is 0 Å². The van der Waals surface area contributed by atoms with E-state index in [2.05, 4.69) is 15.5 Å². The monoisotopic (exact) mass is 257 g/mol. The maximum Gasteiger partial charge on any atom is 0.254 e. The van der Waals surface area contributed by atoms with Crippen LogP contribution < -0.4 is 5.32 Å². The van der Waals surface area contributed by atoms with Gasteiger partial charge in [-0.1, -0.05) is 30.3 Å². The largest absolute Gasteiger partial charge is 0.368 e. The Labute approximate surface area is 111 Å². The van der Waals surface area contributed by atoms with Crippen LogP contribution in [0.3, 0.4) is 0 Å². The lowest BCUT2D eigenvalue weighted by Gasteiger charge is -2.10. The van der Waals surface area contributed by atoms with Gasteiger partial charge in [-0.05, 0) is 18.4 Å². The van der Waals surface area contributed by atoms with Crippen molar-refractivity contribution in [1.29, 1.82) is 0 Å². The molecule has 5 nitrogen and oxygen atoms in total. The van der Waals surface area contributed by atoms with Crippen LogP contribution in [0.5, 0.6) is 0 Å². The highest BCUT2D eigenvalue weighted by molar-refractivity contribution is 5.96. The summed E-state index contributed by atoms with van der Waals surface area (Å²) in [7, 11) is 0. The zero-order valence-corrected chi connectivity index (χ0v) is 10.4. The van der Waals surface area contributed by atoms with Crippen molar-refractivity contribution in [1.82, 2.24) is 10.2 Å². The molecule has 1 unspecified atom stereocenters. The zero-order chi connectivity index (χ0) is 13.1. The minimum atomic E-state index is -0.341. The van der Waals surface area contributed by atoms with Crippen LogP contribution >= 0.6 is 0 Å². The van der Waals surface area contributed by atoms with E-state index in [0.29, 0.717) is 12.4 Å². The van der Waals surface area contributed by atoms with Crippen LogP contribution in [0.25, 0.3) is 11.1 Å². The maximum atomic E-state index is 12.0. The van der Waals surface area contributed by atoms with Crippen LogP contribution in [0.15, 0.2) is 36.5 Å². The third-order valence-electron chi connectivity index (χ3n) is 3.19. The Morgan fingerprint density at radius 2 is 2.21 bits per heavy atom. The van der Waals surface area contributed by atoms with Crippen LogP contribution in [0.1, 0.15) is 12.8 Å². The molecule has 1 aliphatic rings. The van der Waals surface area contributed by atoms with E-state index in [9.17, 15) is 4.79 Å². The normalized spacial score (nSPS) is 18.4. The first kappa shape index (κ1) is 11.9. The summed E-state index contributed by atoms with van der Waals surface area (Å²) in [6.07, 6.45) is 3.08. The van der Waals surface area contributed by atoms with Gasteiger partial charge in [0.1, 0.15) is 11.9 Å². The number of hydrogen-bond acceptors (Lipinski definition) is 3. The van der Waals surface area contributed by atoms with Crippen molar-refractivity contribution in [2.45, 2.75) is 18.9 Å². The number of aromatic amines is 1. The Hall–Kier alpha value is -2.14. The van der Waals surface area contributed by atoms with Gasteiger partial charge in [0.2, 0.25) is 0 Å². The molecule has 1 saturated heterocycles. The Kier molecular flexibility index (Phi) is 3.29. The van der Waals surface area contributed by atoms with Crippen molar-refractivity contribution in [3.8, 4) is 11.1 Å². The summed E-state index contributed by atoms with van der Waals surface area (Å²) in [5, 5.41) is 9.67. The number of hydrogen-bond donors (Lipinski definition) is 2. The van der Waals surface area contributed by atoms with Crippen molar-refractivity contribution >= 4 is 11.7 Å². The molecule has 2 aromatic rings. The van der Waals surface area contributed by atoms with Crippen LogP contribution in [-0.4, -0.2) is 28.8 Å². The molecule has 3 rings (SSSR count). The fourth-order valence-corrected chi connectivity index (χ4v) is 2.21. The average Bonchev–Trinajstić information content (AvgIpc) is 3.11. The van der Waals surface area contributed by atoms with Crippen LogP contribution in [0.4, 0.5) is 5.82 Å². The number of rotatable bonds is 3. The first-order valence-corrected chi connectivity index (χ1v) is 6.36. The van der Waals surface area contributed by atoms with Crippen molar-refractivity contribution in [2.24, 2.45) is 0 Å². The van der Waals surface area contributed by atoms with E-state index in [1.54, 1.807) is 6.20 Å². The van der Waals surface area contributed by atoms with Crippen LogP contribution in [0.2, 0.25) is 0 Å². The van der Waals surface area contributed by atoms with Gasteiger partial charge in [0.25, 0.3) is 5.91 Å². The molecule has 5 heteroatoms. The van der Waals surface area contributed by atoms with E-state index in [1.807, 2.05) is 30.3 Å². The van der Waals surface area contributed by atoms with E-state index >= 15 is 0 Å². The molecule has 1 aliphatic heterocycles. The third kappa shape index (κ3) is 2.51. The second kappa shape index (κ2) is 5.24. The molecule has 1 amide bonds. The number of carbonyl (C=O) groups is 1. The Balaban J connectivity index is 1.79. The number of benzene rings is 1. The Morgan fingerprint density at radius 1 is 1.37 bits per heavy atom. The van der Waals surface area contributed by atoms with E-state index in [1.165, 1.54) is 0 Å². The first-order chi connectivity index (χ1) is 9.34. The minimum Gasteiger partial charge on any atom is -0.368 e. The average molecular weight is 257 g/mol. The topological polar surface area (TPSA) is 67.0 Å². The lowest BCUT2D eigenvalue weighted by Crippen LogP contribution is -2.27. The number of anilines is 1. The first-order valence-electron chi connectivity index (χ1n) is 6.36. The van der Waals surface area contributed by atoms with Crippen molar-refractivity contribution in [2.75, 3.05) is 11.9 Å². The predicted molar refractivity (Wildman–Crippen MR) is 71.6 cm³/mol. The van der Waals surface area contributed by atoms with Gasteiger partial charge in [-0.3, -0.25) is 9.89 Å². The summed E-state index contributed by atoms with van der Waals surface area (Å²) in [6, 6.07) is 9.81. The van der Waals surface area contributed by atoms with Gasteiger partial charge in [-0.2, -0.15) is 5.10 Å². The van der Waals surface area contributed by atoms with Gasteiger partial charge in [0.05, 0.1) is 6.20 Å². The molecule has 0 spiro atoms. The van der Waals surface area contributed by atoms with E-state index < -0.39 is 0 Å². The lowest BCUT2D eigenvalue weighted by molar-refractivity contribution is -0.124. The highest BCUT2D eigenvalue weighted by Gasteiger charge is 2.24. The molecule has 0 bridgehead atoms. The fourth-order valence-electron chi connectivity index (χ4n) is 2.21. The summed E-state index contributed by atoms with van der Waals surface area (Å²) in [5.74, 6) is 0.505. The third-order valence-corrected chi connectivity index (χ3v) is 3.19. The van der Waals surface area contributed by atoms with Gasteiger partial charge in [-0.15, -0.1) is 0 Å². The molecule has 19 heavy (non-hydrogen) atoms. The maximum absolute atomic E-state index is 12.0. The molecule has 0 saturated carbocycles. The fraction of sp³-hybridized carbons (Fsp3) is 0.286. The van der Waals surface area contributed by atoms with Gasteiger partial charge in [-0.25, -0.2) is 0 Å². The standard InChI is InChI=1S/C14H15N3O2/c18-14(12-7-4-8-19-12)16-13-11(9-15-17-13)10-5-2-1-3-6-10/h1-3,5-6,9,12H,4,7-8H2,(H2,15,16,17,18). The number of H-pyrrole nitrogens is 1. The van der Waals surface area contributed by atoms with Crippen molar-refractivity contribution in [3.05, 3.63) is 36.5 Å². The molecule has 0 radical (unpaired) electrons. The van der Waals surface area contributed by atoms with Gasteiger partial charge < -0.3 is 10.1 Å². The number of amides is 1. The highest BCUT2D eigenvalue weighted by Crippen LogP contribution is 2.26. The van der Waals surface area contributed by atoms with Gasteiger partial charge >= 0.3 is 0 Å². The summed E-state index contributed by atoms with van der Waals surface area (Å²) >= 11 is 0. The number of nitrogens with zero attached hydrogens (tertiary/aromatic N) is 1. The summed E-state index contributed by atoms with van der Waals surface area (Å²) in [5.41, 5.74) is 1.89. The Bertz CT molecular complexity index is 559. The lowest BCUT2D eigenvalue weighted by atomic mass is 10.1. The summed E-state index contributed by atoms with van der Waals surface area (Å²) < 4.78 is 5.36. The number of nitrogens with one attached hydrogen (secondary N) is 2. The number of carbonyl (C=O) groups excluding carboxylic acids is 1. The molecule has 1 fully saturated rings. The molecule has 0 aliphatic carbocycles. The molecule has 1 atom stereocenters. The smallest absolute Gasteiger partial charge is 0.254 e. The van der Waals surface area contributed by atoms with Crippen molar-refractivity contribution < 1.29 is 9.53 Å². The Morgan fingerprint density at radius 3 is 2.95 bits per heavy atom. The second-order valence-electron chi connectivity index (χ2n) is 4.52. The molecule has 2 heterocycles. The minimum absolute atomic E-state index is 0.112. The quantitative estimate of drug-likeness (QED) is 0.885. The van der Waals surface area contributed by atoms with Crippen molar-refractivity contribution in [3.63, 3.8) is 0 Å². The number of aromatic nitrogens is 2. The molecular formula is C14H15N3O2. The highest BCUT2D eigenvalue weighted by atomic mass is 16.5. The molecule has 98 valence electrons.